The summed E-state index contributed by atoms with van der Waals surface area (Å²) in [4.78, 5) is 0. The number of aromatic nitrogens is 2. The van der Waals surface area contributed by atoms with Crippen LogP contribution in [0.2, 0.25) is 0 Å². The Labute approximate surface area is 155 Å². The van der Waals surface area contributed by atoms with Crippen LogP contribution in [0.15, 0.2) is 60.7 Å². The minimum Gasteiger partial charge on any atom is -0.481 e. The number of nitrogens with one attached hydrogen (secondary N) is 1. The van der Waals surface area contributed by atoms with E-state index in [2.05, 4.69) is 71.1 Å². The number of ether oxygens (including phenoxy) is 1. The Morgan fingerprint density at radius 3 is 2.12 bits per heavy atom. The van der Waals surface area contributed by atoms with Gasteiger partial charge in [-0.3, -0.25) is 0 Å². The molecule has 0 fully saturated rings. The standard InChI is InChI=1S/C22H27N3O/c1-17-21(22(26-3)25(2)24-17)16-23-15-14-20(18-10-6-4-7-11-18)19-12-8-5-9-13-19/h4-13,20,23H,14-16H2,1-3H3. The fourth-order valence-electron chi connectivity index (χ4n) is 3.50. The molecule has 0 radical (unpaired) electrons. The first-order chi connectivity index (χ1) is 12.7. The van der Waals surface area contributed by atoms with E-state index in [1.807, 2.05) is 14.0 Å². The summed E-state index contributed by atoms with van der Waals surface area (Å²) in [6, 6.07) is 21.5. The average molecular weight is 349 g/mol. The maximum Gasteiger partial charge on any atom is 0.216 e. The minimum absolute atomic E-state index is 0.391. The first-order valence-electron chi connectivity index (χ1n) is 9.07. The van der Waals surface area contributed by atoms with Crippen molar-refractivity contribution in [1.82, 2.24) is 15.1 Å². The molecule has 0 aliphatic heterocycles. The maximum absolute atomic E-state index is 5.47. The second-order valence-electron chi connectivity index (χ2n) is 6.54. The van der Waals surface area contributed by atoms with Gasteiger partial charge in [0.1, 0.15) is 0 Å². The van der Waals surface area contributed by atoms with Gasteiger partial charge in [-0.05, 0) is 31.0 Å². The summed E-state index contributed by atoms with van der Waals surface area (Å²) in [5.41, 5.74) is 4.86. The zero-order valence-electron chi connectivity index (χ0n) is 15.8. The summed E-state index contributed by atoms with van der Waals surface area (Å²) in [6.07, 6.45) is 1.04. The van der Waals surface area contributed by atoms with Crippen molar-refractivity contribution in [2.75, 3.05) is 13.7 Å². The first kappa shape index (κ1) is 18.2. The SMILES string of the molecule is COc1c(CNCCC(c2ccccc2)c2ccccc2)c(C)nn1C. The van der Waals surface area contributed by atoms with Crippen LogP contribution in [0.3, 0.4) is 0 Å². The van der Waals surface area contributed by atoms with Gasteiger partial charge in [0, 0.05) is 19.5 Å². The van der Waals surface area contributed by atoms with Crippen LogP contribution >= 0.6 is 0 Å². The van der Waals surface area contributed by atoms with Gasteiger partial charge in [-0.1, -0.05) is 60.7 Å². The summed E-state index contributed by atoms with van der Waals surface area (Å²) < 4.78 is 7.27. The van der Waals surface area contributed by atoms with Crippen LogP contribution < -0.4 is 10.1 Å². The van der Waals surface area contributed by atoms with Gasteiger partial charge >= 0.3 is 0 Å². The molecular weight excluding hydrogens is 322 g/mol. The molecule has 4 heteroatoms. The molecular formula is C22H27N3O. The van der Waals surface area contributed by atoms with Gasteiger partial charge in [-0.2, -0.15) is 5.10 Å². The molecule has 0 unspecified atom stereocenters. The fraction of sp³-hybridized carbons (Fsp3) is 0.318. The summed E-state index contributed by atoms with van der Waals surface area (Å²) in [6.45, 7) is 3.71. The fourth-order valence-corrected chi connectivity index (χ4v) is 3.50. The maximum atomic E-state index is 5.47. The number of hydrogen-bond acceptors (Lipinski definition) is 3. The van der Waals surface area contributed by atoms with Crippen LogP contribution in [-0.4, -0.2) is 23.4 Å². The van der Waals surface area contributed by atoms with E-state index in [0.717, 1.165) is 36.6 Å². The predicted molar refractivity (Wildman–Crippen MR) is 106 cm³/mol. The van der Waals surface area contributed by atoms with Gasteiger partial charge in [-0.15, -0.1) is 0 Å². The largest absolute Gasteiger partial charge is 0.481 e. The van der Waals surface area contributed by atoms with E-state index in [0.29, 0.717) is 5.92 Å². The van der Waals surface area contributed by atoms with Crippen LogP contribution in [0.5, 0.6) is 5.88 Å². The molecule has 3 rings (SSSR count). The van der Waals surface area contributed by atoms with E-state index in [1.54, 1.807) is 11.8 Å². The second-order valence-corrected chi connectivity index (χ2v) is 6.54. The molecule has 0 bridgehead atoms. The molecule has 4 nitrogen and oxygen atoms in total. The molecule has 0 aliphatic carbocycles. The lowest BCUT2D eigenvalue weighted by atomic mass is 9.88. The molecule has 2 aromatic carbocycles. The zero-order chi connectivity index (χ0) is 18.4. The summed E-state index contributed by atoms with van der Waals surface area (Å²) in [5, 5.41) is 8.01. The molecule has 0 atom stereocenters. The number of hydrogen-bond donors (Lipinski definition) is 1. The molecule has 26 heavy (non-hydrogen) atoms. The molecule has 0 amide bonds. The van der Waals surface area contributed by atoms with E-state index in [-0.39, 0.29) is 0 Å². The number of aryl methyl sites for hydroxylation is 2. The molecule has 0 aliphatic rings. The van der Waals surface area contributed by atoms with Gasteiger partial charge in [-0.25, -0.2) is 4.68 Å². The van der Waals surface area contributed by atoms with E-state index < -0.39 is 0 Å². The molecule has 1 aromatic heterocycles. The van der Waals surface area contributed by atoms with Crippen molar-refractivity contribution in [3.63, 3.8) is 0 Å². The topological polar surface area (TPSA) is 39.1 Å². The Hall–Kier alpha value is -2.59. The van der Waals surface area contributed by atoms with Crippen molar-refractivity contribution < 1.29 is 4.74 Å². The van der Waals surface area contributed by atoms with Crippen molar-refractivity contribution in [2.24, 2.45) is 7.05 Å². The van der Waals surface area contributed by atoms with E-state index in [9.17, 15) is 0 Å². The van der Waals surface area contributed by atoms with Crippen molar-refractivity contribution in [3.05, 3.63) is 83.0 Å². The molecule has 3 aromatic rings. The predicted octanol–water partition coefficient (Wildman–Crippen LogP) is 4.05. The van der Waals surface area contributed by atoms with E-state index in [1.165, 1.54) is 11.1 Å². The Kier molecular flexibility index (Phi) is 6.08. The molecule has 136 valence electrons. The zero-order valence-corrected chi connectivity index (χ0v) is 15.8. The van der Waals surface area contributed by atoms with Crippen LogP contribution in [0, 0.1) is 6.92 Å². The molecule has 0 saturated heterocycles. The van der Waals surface area contributed by atoms with Crippen molar-refractivity contribution in [1.29, 1.82) is 0 Å². The molecule has 0 spiro atoms. The third-order valence-electron chi connectivity index (χ3n) is 4.80. The highest BCUT2D eigenvalue weighted by atomic mass is 16.5. The average Bonchev–Trinajstić information content (AvgIpc) is 2.95. The third kappa shape index (κ3) is 4.14. The van der Waals surface area contributed by atoms with Gasteiger partial charge in [0.25, 0.3) is 0 Å². The van der Waals surface area contributed by atoms with Gasteiger partial charge < -0.3 is 10.1 Å². The van der Waals surface area contributed by atoms with Crippen molar-refractivity contribution in [2.45, 2.75) is 25.8 Å². The lowest BCUT2D eigenvalue weighted by molar-refractivity contribution is 0.368. The first-order valence-corrected chi connectivity index (χ1v) is 9.07. The van der Waals surface area contributed by atoms with Crippen LogP contribution in [0.1, 0.15) is 34.7 Å². The van der Waals surface area contributed by atoms with Gasteiger partial charge in [0.2, 0.25) is 5.88 Å². The van der Waals surface area contributed by atoms with Gasteiger partial charge in [0.15, 0.2) is 0 Å². The van der Waals surface area contributed by atoms with Crippen LogP contribution in [-0.2, 0) is 13.6 Å². The van der Waals surface area contributed by atoms with Crippen LogP contribution in [0.4, 0.5) is 0 Å². The quantitative estimate of drug-likeness (QED) is 0.624. The molecule has 1 heterocycles. The monoisotopic (exact) mass is 349 g/mol. The van der Waals surface area contributed by atoms with E-state index >= 15 is 0 Å². The Balaban J connectivity index is 1.66. The van der Waals surface area contributed by atoms with Crippen LogP contribution in [0.25, 0.3) is 0 Å². The lowest BCUT2D eigenvalue weighted by Gasteiger charge is -2.18. The Morgan fingerprint density at radius 2 is 1.58 bits per heavy atom. The Morgan fingerprint density at radius 1 is 1.00 bits per heavy atom. The minimum atomic E-state index is 0.391. The highest BCUT2D eigenvalue weighted by Crippen LogP contribution is 2.27. The Bertz CT molecular complexity index is 773. The molecule has 0 saturated carbocycles. The summed E-state index contributed by atoms with van der Waals surface area (Å²) >= 11 is 0. The number of methoxy groups -OCH3 is 1. The lowest BCUT2D eigenvalue weighted by Crippen LogP contribution is -2.18. The van der Waals surface area contributed by atoms with Crippen molar-refractivity contribution >= 4 is 0 Å². The third-order valence-corrected chi connectivity index (χ3v) is 4.80. The summed E-state index contributed by atoms with van der Waals surface area (Å²) in [5.74, 6) is 1.22. The number of nitrogens with zero attached hydrogens (tertiary/aromatic N) is 2. The normalized spacial score (nSPS) is 11.1. The smallest absolute Gasteiger partial charge is 0.216 e. The highest BCUT2D eigenvalue weighted by molar-refractivity contribution is 5.33. The molecule has 1 N–H and O–H groups in total. The van der Waals surface area contributed by atoms with Gasteiger partial charge in [0.05, 0.1) is 18.4 Å². The van der Waals surface area contributed by atoms with Crippen molar-refractivity contribution in [3.8, 4) is 5.88 Å². The van der Waals surface area contributed by atoms with E-state index in [4.69, 9.17) is 4.74 Å². The summed E-state index contributed by atoms with van der Waals surface area (Å²) in [7, 11) is 3.61. The number of benzene rings is 2. The highest BCUT2D eigenvalue weighted by Gasteiger charge is 2.15. The second kappa shape index (κ2) is 8.68. The number of rotatable bonds is 8.